The zero-order chi connectivity index (χ0) is 14.6. The van der Waals surface area contributed by atoms with E-state index in [9.17, 15) is 9.90 Å². The SMILES string of the molecule is Cc1nccnc1C(C)(NCc1ccccc1)C(=O)O. The Labute approximate surface area is 117 Å². The molecule has 1 unspecified atom stereocenters. The molecule has 0 aliphatic carbocycles. The first-order valence-electron chi connectivity index (χ1n) is 6.34. The summed E-state index contributed by atoms with van der Waals surface area (Å²) in [5.74, 6) is -0.975. The molecular weight excluding hydrogens is 254 g/mol. The first-order valence-corrected chi connectivity index (χ1v) is 6.34. The fourth-order valence-electron chi connectivity index (χ4n) is 2.03. The molecule has 1 atom stereocenters. The van der Waals surface area contributed by atoms with E-state index in [2.05, 4.69) is 15.3 Å². The Morgan fingerprint density at radius 2 is 1.90 bits per heavy atom. The second-order valence-electron chi connectivity index (χ2n) is 4.76. The summed E-state index contributed by atoms with van der Waals surface area (Å²) in [5, 5.41) is 12.6. The zero-order valence-electron chi connectivity index (χ0n) is 11.5. The van der Waals surface area contributed by atoms with Gasteiger partial charge < -0.3 is 5.11 Å². The van der Waals surface area contributed by atoms with E-state index in [1.165, 1.54) is 6.20 Å². The molecule has 0 amide bonds. The fraction of sp³-hybridized carbons (Fsp3) is 0.267. The molecule has 2 rings (SSSR count). The second-order valence-corrected chi connectivity index (χ2v) is 4.76. The van der Waals surface area contributed by atoms with Crippen LogP contribution in [0, 0.1) is 6.92 Å². The van der Waals surface area contributed by atoms with Crippen LogP contribution < -0.4 is 5.32 Å². The second kappa shape index (κ2) is 5.79. The lowest BCUT2D eigenvalue weighted by molar-refractivity contribution is -0.144. The summed E-state index contributed by atoms with van der Waals surface area (Å²) in [6, 6.07) is 9.65. The number of carbonyl (C=O) groups is 1. The Hall–Kier alpha value is -2.27. The van der Waals surface area contributed by atoms with Gasteiger partial charge in [0, 0.05) is 18.9 Å². The van der Waals surface area contributed by atoms with Crippen LogP contribution in [0.5, 0.6) is 0 Å². The van der Waals surface area contributed by atoms with E-state index in [1.807, 2.05) is 30.3 Å². The Balaban J connectivity index is 2.27. The summed E-state index contributed by atoms with van der Waals surface area (Å²) < 4.78 is 0. The van der Waals surface area contributed by atoms with Crippen molar-refractivity contribution in [2.75, 3.05) is 0 Å². The third-order valence-electron chi connectivity index (χ3n) is 3.27. The number of benzene rings is 1. The van der Waals surface area contributed by atoms with Crippen molar-refractivity contribution in [2.45, 2.75) is 25.9 Å². The van der Waals surface area contributed by atoms with Crippen LogP contribution in [0.25, 0.3) is 0 Å². The standard InChI is InChI=1S/C15H17N3O2/c1-11-13(17-9-8-16-11)15(2,14(19)20)18-10-12-6-4-3-5-7-12/h3-9,18H,10H2,1-2H3,(H,19,20). The largest absolute Gasteiger partial charge is 0.480 e. The van der Waals surface area contributed by atoms with Gasteiger partial charge in [0.05, 0.1) is 11.4 Å². The summed E-state index contributed by atoms with van der Waals surface area (Å²) in [6.07, 6.45) is 3.06. The Bertz CT molecular complexity index is 601. The molecule has 0 radical (unpaired) electrons. The highest BCUT2D eigenvalue weighted by Crippen LogP contribution is 2.21. The molecule has 1 heterocycles. The minimum Gasteiger partial charge on any atom is -0.480 e. The van der Waals surface area contributed by atoms with Crippen molar-refractivity contribution in [2.24, 2.45) is 0 Å². The third kappa shape index (κ3) is 2.83. The molecule has 1 aromatic heterocycles. The van der Waals surface area contributed by atoms with E-state index >= 15 is 0 Å². The van der Waals surface area contributed by atoms with Gasteiger partial charge >= 0.3 is 5.97 Å². The molecular formula is C15H17N3O2. The van der Waals surface area contributed by atoms with Gasteiger partial charge in [-0.1, -0.05) is 30.3 Å². The third-order valence-corrected chi connectivity index (χ3v) is 3.27. The van der Waals surface area contributed by atoms with Crippen LogP contribution in [0.2, 0.25) is 0 Å². The van der Waals surface area contributed by atoms with Gasteiger partial charge in [-0.3, -0.25) is 15.3 Å². The summed E-state index contributed by atoms with van der Waals surface area (Å²) >= 11 is 0. The number of hydrogen-bond donors (Lipinski definition) is 2. The summed E-state index contributed by atoms with van der Waals surface area (Å²) in [7, 11) is 0. The van der Waals surface area contributed by atoms with Gasteiger partial charge in [0.25, 0.3) is 0 Å². The van der Waals surface area contributed by atoms with Gasteiger partial charge in [-0.2, -0.15) is 0 Å². The number of nitrogens with zero attached hydrogens (tertiary/aromatic N) is 2. The molecule has 5 nitrogen and oxygen atoms in total. The predicted octanol–water partition coefficient (Wildman–Crippen LogP) is 1.87. The van der Waals surface area contributed by atoms with Crippen molar-refractivity contribution >= 4 is 5.97 Å². The maximum absolute atomic E-state index is 11.7. The molecule has 2 N–H and O–H groups in total. The first-order chi connectivity index (χ1) is 9.54. The maximum Gasteiger partial charge on any atom is 0.329 e. The topological polar surface area (TPSA) is 75.1 Å². The lowest BCUT2D eigenvalue weighted by Crippen LogP contribution is -2.47. The normalized spacial score (nSPS) is 13.7. The molecule has 5 heteroatoms. The Morgan fingerprint density at radius 1 is 1.25 bits per heavy atom. The van der Waals surface area contributed by atoms with Crippen LogP contribution in [0.1, 0.15) is 23.9 Å². The fourth-order valence-corrected chi connectivity index (χ4v) is 2.03. The highest BCUT2D eigenvalue weighted by Gasteiger charge is 2.37. The van der Waals surface area contributed by atoms with Gasteiger partial charge in [-0.25, -0.2) is 4.79 Å². The van der Waals surface area contributed by atoms with Crippen LogP contribution in [0.4, 0.5) is 0 Å². The smallest absolute Gasteiger partial charge is 0.329 e. The summed E-state index contributed by atoms with van der Waals surface area (Å²) in [6.45, 7) is 3.81. The van der Waals surface area contributed by atoms with E-state index in [0.29, 0.717) is 17.9 Å². The van der Waals surface area contributed by atoms with Crippen molar-refractivity contribution in [1.82, 2.24) is 15.3 Å². The number of aromatic nitrogens is 2. The van der Waals surface area contributed by atoms with Crippen molar-refractivity contribution in [3.8, 4) is 0 Å². The van der Waals surface area contributed by atoms with E-state index in [-0.39, 0.29) is 0 Å². The first kappa shape index (κ1) is 14.1. The van der Waals surface area contributed by atoms with E-state index in [1.54, 1.807) is 20.0 Å². The average molecular weight is 271 g/mol. The number of carboxylic acid groups (broad SMARTS) is 1. The van der Waals surface area contributed by atoms with Crippen molar-refractivity contribution in [1.29, 1.82) is 0 Å². The number of aliphatic carboxylic acids is 1. The monoisotopic (exact) mass is 271 g/mol. The maximum atomic E-state index is 11.7. The Morgan fingerprint density at radius 3 is 2.50 bits per heavy atom. The van der Waals surface area contributed by atoms with Gasteiger partial charge in [-0.05, 0) is 19.4 Å². The molecule has 1 aromatic carbocycles. The number of aryl methyl sites for hydroxylation is 1. The predicted molar refractivity (Wildman–Crippen MR) is 75.0 cm³/mol. The van der Waals surface area contributed by atoms with Crippen LogP contribution in [-0.4, -0.2) is 21.0 Å². The number of rotatable bonds is 5. The molecule has 0 bridgehead atoms. The van der Waals surface area contributed by atoms with Crippen molar-refractivity contribution in [3.05, 3.63) is 59.7 Å². The van der Waals surface area contributed by atoms with Gasteiger partial charge in [0.15, 0.2) is 5.54 Å². The van der Waals surface area contributed by atoms with E-state index in [0.717, 1.165) is 5.56 Å². The average Bonchev–Trinajstić information content (AvgIpc) is 2.46. The molecule has 0 aliphatic heterocycles. The van der Waals surface area contributed by atoms with Crippen LogP contribution >= 0.6 is 0 Å². The quantitative estimate of drug-likeness (QED) is 0.868. The molecule has 2 aromatic rings. The molecule has 0 saturated carbocycles. The van der Waals surface area contributed by atoms with Crippen molar-refractivity contribution in [3.63, 3.8) is 0 Å². The number of carboxylic acids is 1. The molecule has 0 aliphatic rings. The highest BCUT2D eigenvalue weighted by molar-refractivity contribution is 5.79. The van der Waals surface area contributed by atoms with Crippen LogP contribution in [-0.2, 0) is 16.9 Å². The lowest BCUT2D eigenvalue weighted by atomic mass is 9.95. The zero-order valence-corrected chi connectivity index (χ0v) is 11.5. The minimum atomic E-state index is -1.27. The Kier molecular flexibility index (Phi) is 4.10. The molecule has 0 fully saturated rings. The molecule has 104 valence electrons. The number of hydrogen-bond acceptors (Lipinski definition) is 4. The van der Waals surface area contributed by atoms with E-state index < -0.39 is 11.5 Å². The van der Waals surface area contributed by atoms with Gasteiger partial charge in [0.2, 0.25) is 0 Å². The van der Waals surface area contributed by atoms with Gasteiger partial charge in [0.1, 0.15) is 0 Å². The van der Waals surface area contributed by atoms with Crippen LogP contribution in [0.15, 0.2) is 42.7 Å². The van der Waals surface area contributed by atoms with Gasteiger partial charge in [-0.15, -0.1) is 0 Å². The minimum absolute atomic E-state index is 0.434. The van der Waals surface area contributed by atoms with E-state index in [4.69, 9.17) is 0 Å². The summed E-state index contributed by atoms with van der Waals surface area (Å²) in [5.41, 5.74) is 0.789. The van der Waals surface area contributed by atoms with Crippen molar-refractivity contribution < 1.29 is 9.90 Å². The molecule has 0 spiro atoms. The molecule has 0 saturated heterocycles. The number of nitrogens with one attached hydrogen (secondary N) is 1. The molecule has 20 heavy (non-hydrogen) atoms. The lowest BCUT2D eigenvalue weighted by Gasteiger charge is -2.26. The van der Waals surface area contributed by atoms with Crippen LogP contribution in [0.3, 0.4) is 0 Å². The summed E-state index contributed by atoms with van der Waals surface area (Å²) in [4.78, 5) is 20.0. The highest BCUT2D eigenvalue weighted by atomic mass is 16.4.